The summed E-state index contributed by atoms with van der Waals surface area (Å²) in [6, 6.07) is 11.0. The van der Waals surface area contributed by atoms with E-state index in [1.807, 2.05) is 0 Å². The lowest BCUT2D eigenvalue weighted by Crippen LogP contribution is -2.42. The van der Waals surface area contributed by atoms with Crippen molar-refractivity contribution in [3.63, 3.8) is 0 Å². The number of amides is 1. The van der Waals surface area contributed by atoms with Gasteiger partial charge in [-0.1, -0.05) is 24.3 Å². The first-order valence-electron chi connectivity index (χ1n) is 9.78. The zero-order valence-corrected chi connectivity index (χ0v) is 17.1. The molecule has 0 saturated carbocycles. The molecule has 2 heterocycles. The van der Waals surface area contributed by atoms with Crippen LogP contribution in [0.1, 0.15) is 18.9 Å². The van der Waals surface area contributed by atoms with E-state index >= 15 is 0 Å². The Morgan fingerprint density at radius 1 is 1.19 bits per heavy atom. The molecule has 1 N–H and O–H groups in total. The van der Waals surface area contributed by atoms with E-state index in [9.17, 15) is 22.8 Å². The van der Waals surface area contributed by atoms with Gasteiger partial charge >= 0.3 is 12.1 Å². The number of rotatable bonds is 8. The Labute approximate surface area is 182 Å². The highest BCUT2D eigenvalue weighted by Crippen LogP contribution is 2.25. The summed E-state index contributed by atoms with van der Waals surface area (Å²) in [6.07, 6.45) is -3.20. The molecule has 2 aromatic rings. The number of nitrogens with one attached hydrogen (secondary N) is 1. The molecule has 1 unspecified atom stereocenters. The van der Waals surface area contributed by atoms with Gasteiger partial charge in [0.1, 0.15) is 11.8 Å². The standard InChI is InChI=1S/C21H21F3N4O4/c1-2-31-20(30)16-11-17(28(27-16)15-8-4-3-5-9-15)18(29)26-12-14-7-6-10-25-19(14)32-13-21(22,23)24/h3-10,17H,2,11-13H2,1H3,(H,26,29). The van der Waals surface area contributed by atoms with Crippen molar-refractivity contribution < 1.29 is 32.2 Å². The van der Waals surface area contributed by atoms with Crippen molar-refractivity contribution in [3.8, 4) is 5.88 Å². The van der Waals surface area contributed by atoms with Gasteiger partial charge in [0, 0.05) is 24.7 Å². The normalized spacial score (nSPS) is 15.8. The minimum absolute atomic E-state index is 0.0179. The van der Waals surface area contributed by atoms with Crippen molar-refractivity contribution >= 4 is 23.3 Å². The second-order valence-corrected chi connectivity index (χ2v) is 6.76. The number of anilines is 1. The van der Waals surface area contributed by atoms with Crippen LogP contribution in [0.15, 0.2) is 53.8 Å². The molecular weight excluding hydrogens is 429 g/mol. The first-order valence-corrected chi connectivity index (χ1v) is 9.78. The van der Waals surface area contributed by atoms with Crippen LogP contribution in [0.5, 0.6) is 5.88 Å². The fraction of sp³-hybridized carbons (Fsp3) is 0.333. The van der Waals surface area contributed by atoms with Crippen LogP contribution in [0.2, 0.25) is 0 Å². The van der Waals surface area contributed by atoms with Gasteiger partial charge in [-0.05, 0) is 25.1 Å². The molecule has 32 heavy (non-hydrogen) atoms. The van der Waals surface area contributed by atoms with Crippen LogP contribution in [0, 0.1) is 0 Å². The number of benzene rings is 1. The number of carbonyl (C=O) groups is 2. The van der Waals surface area contributed by atoms with Crippen LogP contribution in [-0.2, 0) is 20.9 Å². The molecule has 0 fully saturated rings. The van der Waals surface area contributed by atoms with Crippen molar-refractivity contribution in [2.75, 3.05) is 18.2 Å². The van der Waals surface area contributed by atoms with E-state index in [1.165, 1.54) is 23.3 Å². The summed E-state index contributed by atoms with van der Waals surface area (Å²) >= 11 is 0. The molecule has 1 aromatic heterocycles. The van der Waals surface area contributed by atoms with Gasteiger partial charge in [0.25, 0.3) is 0 Å². The average molecular weight is 450 g/mol. The third-order valence-electron chi connectivity index (χ3n) is 4.42. The smallest absolute Gasteiger partial charge is 0.422 e. The molecule has 1 aliphatic heterocycles. The molecule has 0 saturated heterocycles. The van der Waals surface area contributed by atoms with E-state index in [-0.39, 0.29) is 36.7 Å². The minimum Gasteiger partial charge on any atom is -0.468 e. The Morgan fingerprint density at radius 2 is 1.94 bits per heavy atom. The van der Waals surface area contributed by atoms with E-state index in [2.05, 4.69) is 15.4 Å². The average Bonchev–Trinajstić information content (AvgIpc) is 3.23. The lowest BCUT2D eigenvalue weighted by Gasteiger charge is -2.23. The summed E-state index contributed by atoms with van der Waals surface area (Å²) in [6.45, 7) is 0.223. The maximum absolute atomic E-state index is 12.9. The summed E-state index contributed by atoms with van der Waals surface area (Å²) in [4.78, 5) is 28.9. The van der Waals surface area contributed by atoms with Gasteiger partial charge in [0.2, 0.25) is 11.8 Å². The molecule has 170 valence electrons. The number of hydrogen-bond donors (Lipinski definition) is 1. The second kappa shape index (κ2) is 10.1. The Balaban J connectivity index is 1.72. The predicted octanol–water partition coefficient (Wildman–Crippen LogP) is 2.84. The summed E-state index contributed by atoms with van der Waals surface area (Å²) in [7, 11) is 0. The molecular formula is C21H21F3N4O4. The maximum Gasteiger partial charge on any atom is 0.422 e. The lowest BCUT2D eigenvalue weighted by atomic mass is 10.1. The van der Waals surface area contributed by atoms with Crippen molar-refractivity contribution in [2.24, 2.45) is 5.10 Å². The predicted molar refractivity (Wildman–Crippen MR) is 109 cm³/mol. The SMILES string of the molecule is CCOC(=O)C1=NN(c2ccccc2)C(C(=O)NCc2cccnc2OCC(F)(F)F)C1. The van der Waals surface area contributed by atoms with Crippen LogP contribution in [-0.4, -0.2) is 48.0 Å². The number of halogens is 3. The van der Waals surface area contributed by atoms with Gasteiger partial charge in [0.15, 0.2) is 6.61 Å². The van der Waals surface area contributed by atoms with Crippen molar-refractivity contribution in [3.05, 3.63) is 54.2 Å². The van der Waals surface area contributed by atoms with Gasteiger partial charge in [-0.3, -0.25) is 9.80 Å². The third kappa shape index (κ3) is 5.96. The number of ether oxygens (including phenoxy) is 2. The Hall–Kier alpha value is -3.63. The minimum atomic E-state index is -4.51. The fourth-order valence-corrected chi connectivity index (χ4v) is 3.01. The Bertz CT molecular complexity index is 983. The summed E-state index contributed by atoms with van der Waals surface area (Å²) in [5, 5.41) is 8.35. The summed E-state index contributed by atoms with van der Waals surface area (Å²) in [5.74, 6) is -1.30. The number of nitrogens with zero attached hydrogens (tertiary/aromatic N) is 3. The molecule has 0 bridgehead atoms. The first kappa shape index (κ1) is 23.0. The lowest BCUT2D eigenvalue weighted by molar-refractivity contribution is -0.154. The van der Waals surface area contributed by atoms with Crippen LogP contribution >= 0.6 is 0 Å². The highest BCUT2D eigenvalue weighted by Gasteiger charge is 2.37. The van der Waals surface area contributed by atoms with Crippen LogP contribution in [0.25, 0.3) is 0 Å². The van der Waals surface area contributed by atoms with Gasteiger partial charge < -0.3 is 14.8 Å². The number of pyridine rings is 1. The zero-order valence-electron chi connectivity index (χ0n) is 17.1. The van der Waals surface area contributed by atoms with E-state index < -0.39 is 30.7 Å². The first-order chi connectivity index (χ1) is 15.3. The summed E-state index contributed by atoms with van der Waals surface area (Å²) < 4.78 is 47.2. The molecule has 0 aliphatic carbocycles. The molecule has 11 heteroatoms. The number of hydrazone groups is 1. The Morgan fingerprint density at radius 3 is 2.62 bits per heavy atom. The molecule has 8 nitrogen and oxygen atoms in total. The molecule has 1 amide bonds. The van der Waals surface area contributed by atoms with Gasteiger partial charge in [0.05, 0.1) is 12.3 Å². The molecule has 1 aliphatic rings. The van der Waals surface area contributed by atoms with Gasteiger partial charge in [-0.25, -0.2) is 9.78 Å². The van der Waals surface area contributed by atoms with E-state index in [1.54, 1.807) is 37.3 Å². The van der Waals surface area contributed by atoms with E-state index in [0.717, 1.165) is 0 Å². The van der Waals surface area contributed by atoms with Gasteiger partial charge in [-0.2, -0.15) is 18.3 Å². The molecule has 0 spiro atoms. The number of alkyl halides is 3. The van der Waals surface area contributed by atoms with Crippen molar-refractivity contribution in [2.45, 2.75) is 32.1 Å². The van der Waals surface area contributed by atoms with Crippen molar-refractivity contribution in [1.82, 2.24) is 10.3 Å². The highest BCUT2D eigenvalue weighted by molar-refractivity contribution is 6.38. The zero-order chi connectivity index (χ0) is 23.1. The monoisotopic (exact) mass is 450 g/mol. The van der Waals surface area contributed by atoms with E-state index in [4.69, 9.17) is 9.47 Å². The van der Waals surface area contributed by atoms with Gasteiger partial charge in [-0.15, -0.1) is 0 Å². The maximum atomic E-state index is 12.9. The number of hydrogen-bond acceptors (Lipinski definition) is 7. The number of carbonyl (C=O) groups excluding carboxylic acids is 2. The number of para-hydroxylation sites is 1. The third-order valence-corrected chi connectivity index (χ3v) is 4.42. The number of aromatic nitrogens is 1. The second-order valence-electron chi connectivity index (χ2n) is 6.76. The fourth-order valence-electron chi connectivity index (χ4n) is 3.01. The molecule has 0 radical (unpaired) electrons. The van der Waals surface area contributed by atoms with Crippen LogP contribution in [0.4, 0.5) is 18.9 Å². The van der Waals surface area contributed by atoms with Crippen LogP contribution < -0.4 is 15.1 Å². The van der Waals surface area contributed by atoms with Crippen LogP contribution in [0.3, 0.4) is 0 Å². The summed E-state index contributed by atoms with van der Waals surface area (Å²) in [5.41, 5.74) is 0.981. The van der Waals surface area contributed by atoms with E-state index in [0.29, 0.717) is 5.69 Å². The largest absolute Gasteiger partial charge is 0.468 e. The highest BCUT2D eigenvalue weighted by atomic mass is 19.4. The Kier molecular flexibility index (Phi) is 7.29. The number of esters is 1. The van der Waals surface area contributed by atoms with Crippen molar-refractivity contribution in [1.29, 1.82) is 0 Å². The molecule has 1 aromatic carbocycles. The molecule has 1 atom stereocenters. The molecule has 3 rings (SSSR count). The quantitative estimate of drug-likeness (QED) is 0.622. The topological polar surface area (TPSA) is 93.1 Å².